The number of nitrogens with zero attached hydrogens (tertiary/aromatic N) is 3. The smallest absolute Gasteiger partial charge is 0.337 e. The summed E-state index contributed by atoms with van der Waals surface area (Å²) in [4.78, 5) is 36.2. The quantitative estimate of drug-likeness (QED) is 0.265. The van der Waals surface area contributed by atoms with Crippen LogP contribution in [0.4, 0.5) is 11.5 Å². The molecule has 0 bridgehead atoms. The first kappa shape index (κ1) is 25.7. The molecule has 1 amide bonds. The molecule has 2 aromatic carbocycles. The van der Waals surface area contributed by atoms with Gasteiger partial charge in [-0.25, -0.2) is 14.8 Å². The summed E-state index contributed by atoms with van der Waals surface area (Å²) in [5.74, 6) is 1.24. The van der Waals surface area contributed by atoms with Crippen molar-refractivity contribution in [3.8, 4) is 0 Å². The molecule has 1 N–H and O–H groups in total. The van der Waals surface area contributed by atoms with E-state index in [1.54, 1.807) is 48.2 Å². The third kappa shape index (κ3) is 6.61. The van der Waals surface area contributed by atoms with Crippen LogP contribution >= 0.6 is 11.8 Å². The van der Waals surface area contributed by atoms with Crippen LogP contribution in [-0.2, 0) is 15.2 Å². The lowest BCUT2D eigenvalue weighted by Gasteiger charge is -2.28. The Morgan fingerprint density at radius 3 is 2.50 bits per heavy atom. The first-order valence-corrected chi connectivity index (χ1v) is 12.8. The van der Waals surface area contributed by atoms with Crippen molar-refractivity contribution in [1.82, 2.24) is 9.97 Å². The number of anilines is 2. The Morgan fingerprint density at radius 1 is 1.06 bits per heavy atom. The van der Waals surface area contributed by atoms with E-state index in [0.29, 0.717) is 41.7 Å². The number of rotatable bonds is 8. The molecule has 1 fully saturated rings. The maximum atomic E-state index is 12.7. The van der Waals surface area contributed by atoms with Crippen LogP contribution in [0.3, 0.4) is 0 Å². The lowest BCUT2D eigenvalue weighted by Crippen LogP contribution is -2.37. The summed E-state index contributed by atoms with van der Waals surface area (Å²) in [6.07, 6.45) is 0. The second-order valence-corrected chi connectivity index (χ2v) is 9.64. The average Bonchev–Trinajstić information content (AvgIpc) is 2.92. The molecule has 1 aliphatic heterocycles. The maximum absolute atomic E-state index is 12.7. The minimum absolute atomic E-state index is 0.251. The van der Waals surface area contributed by atoms with Crippen molar-refractivity contribution < 1.29 is 19.1 Å². The number of methoxy groups -OCH3 is 1. The van der Waals surface area contributed by atoms with Crippen LogP contribution in [0.2, 0.25) is 0 Å². The molecule has 2 heterocycles. The van der Waals surface area contributed by atoms with E-state index in [4.69, 9.17) is 19.4 Å². The molecule has 8 nitrogen and oxygen atoms in total. The summed E-state index contributed by atoms with van der Waals surface area (Å²) in [7, 11) is 1.32. The lowest BCUT2D eigenvalue weighted by atomic mass is 10.1. The van der Waals surface area contributed by atoms with E-state index >= 15 is 0 Å². The topological polar surface area (TPSA) is 93.6 Å². The van der Waals surface area contributed by atoms with Gasteiger partial charge in [0.1, 0.15) is 5.82 Å². The number of esters is 1. The Labute approximate surface area is 215 Å². The van der Waals surface area contributed by atoms with Crippen LogP contribution in [0.25, 0.3) is 0 Å². The van der Waals surface area contributed by atoms with Gasteiger partial charge in [0.05, 0.1) is 25.9 Å². The minimum Gasteiger partial charge on any atom is -0.465 e. The van der Waals surface area contributed by atoms with Crippen LogP contribution in [0.5, 0.6) is 0 Å². The van der Waals surface area contributed by atoms with Gasteiger partial charge in [0.25, 0.3) is 5.91 Å². The number of hydrogen-bond donors (Lipinski definition) is 1. The molecule has 1 aliphatic rings. The third-order valence-corrected chi connectivity index (χ3v) is 6.68. The van der Waals surface area contributed by atoms with Gasteiger partial charge in [0.2, 0.25) is 0 Å². The number of morpholine rings is 1. The molecule has 0 unspecified atom stereocenters. The van der Waals surface area contributed by atoms with Gasteiger partial charge in [0.15, 0.2) is 5.16 Å². The van der Waals surface area contributed by atoms with Crippen LogP contribution in [0, 0.1) is 0 Å². The molecular weight excluding hydrogens is 476 g/mol. The van der Waals surface area contributed by atoms with Gasteiger partial charge >= 0.3 is 5.97 Å². The van der Waals surface area contributed by atoms with Crippen LogP contribution < -0.4 is 10.2 Å². The number of ether oxygens (including phenoxy) is 2. The number of thioether (sulfide) groups is 1. The summed E-state index contributed by atoms with van der Waals surface area (Å²) in [5, 5.41) is 3.57. The first-order chi connectivity index (χ1) is 17.4. The van der Waals surface area contributed by atoms with Gasteiger partial charge in [0, 0.05) is 41.9 Å². The number of carbonyl (C=O) groups excluding carboxylic acids is 2. The molecule has 1 saturated heterocycles. The van der Waals surface area contributed by atoms with Gasteiger partial charge in [-0.1, -0.05) is 43.8 Å². The van der Waals surface area contributed by atoms with Crippen LogP contribution in [0.15, 0.2) is 59.8 Å². The summed E-state index contributed by atoms with van der Waals surface area (Å²) in [6, 6.07) is 16.2. The molecule has 36 heavy (non-hydrogen) atoms. The first-order valence-electron chi connectivity index (χ1n) is 11.9. The Hall–Kier alpha value is -3.43. The molecule has 4 rings (SSSR count). The molecule has 0 radical (unpaired) electrons. The fraction of sp³-hybridized carbons (Fsp3) is 0.333. The number of nitrogens with one attached hydrogen (secondary N) is 1. The predicted octanol–water partition coefficient (Wildman–Crippen LogP) is 4.77. The zero-order valence-electron chi connectivity index (χ0n) is 20.7. The molecule has 188 valence electrons. The zero-order chi connectivity index (χ0) is 25.5. The van der Waals surface area contributed by atoms with E-state index in [1.807, 2.05) is 12.1 Å². The van der Waals surface area contributed by atoms with Gasteiger partial charge in [-0.15, -0.1) is 0 Å². The summed E-state index contributed by atoms with van der Waals surface area (Å²) < 4.78 is 10.2. The molecule has 3 aromatic rings. The highest BCUT2D eigenvalue weighted by Gasteiger charge is 2.17. The van der Waals surface area contributed by atoms with E-state index in [0.717, 1.165) is 35.3 Å². The van der Waals surface area contributed by atoms with Crippen molar-refractivity contribution in [2.45, 2.75) is 30.7 Å². The molecule has 9 heteroatoms. The number of aromatic nitrogens is 2. The third-order valence-electron chi connectivity index (χ3n) is 5.76. The second-order valence-electron chi connectivity index (χ2n) is 8.70. The zero-order valence-corrected chi connectivity index (χ0v) is 21.5. The lowest BCUT2D eigenvalue weighted by molar-refractivity contribution is 0.0600. The highest BCUT2D eigenvalue weighted by atomic mass is 32.2. The Kier molecular flexibility index (Phi) is 8.56. The molecule has 0 aliphatic carbocycles. The van der Waals surface area contributed by atoms with E-state index in [-0.39, 0.29) is 5.91 Å². The van der Waals surface area contributed by atoms with Crippen molar-refractivity contribution in [2.24, 2.45) is 0 Å². The average molecular weight is 507 g/mol. The Balaban J connectivity index is 1.40. The summed E-state index contributed by atoms with van der Waals surface area (Å²) in [6.45, 7) is 7.34. The van der Waals surface area contributed by atoms with E-state index in [2.05, 4.69) is 30.1 Å². The van der Waals surface area contributed by atoms with Crippen molar-refractivity contribution in [3.63, 3.8) is 0 Å². The Bertz CT molecular complexity index is 1210. The van der Waals surface area contributed by atoms with Gasteiger partial charge in [-0.2, -0.15) is 0 Å². The highest BCUT2D eigenvalue weighted by molar-refractivity contribution is 7.98. The van der Waals surface area contributed by atoms with Crippen molar-refractivity contribution >= 4 is 35.1 Å². The fourth-order valence-corrected chi connectivity index (χ4v) is 4.51. The SMILES string of the molecule is COC(=O)c1cccc(NC(=O)c2ccc(CSc3nc(C(C)C)cc(N4CCOCC4)n3)cc2)c1. The summed E-state index contributed by atoms with van der Waals surface area (Å²) in [5.41, 5.74) is 3.52. The largest absolute Gasteiger partial charge is 0.465 e. The number of carbonyl (C=O) groups is 2. The molecule has 0 atom stereocenters. The second kappa shape index (κ2) is 12.0. The fourth-order valence-electron chi connectivity index (χ4n) is 3.69. The van der Waals surface area contributed by atoms with E-state index in [1.165, 1.54) is 7.11 Å². The number of amides is 1. The minimum atomic E-state index is -0.451. The normalized spacial score (nSPS) is 13.5. The number of hydrogen-bond acceptors (Lipinski definition) is 8. The highest BCUT2D eigenvalue weighted by Crippen LogP contribution is 2.26. The molecular formula is C27H30N4O4S. The Morgan fingerprint density at radius 2 is 1.81 bits per heavy atom. The van der Waals surface area contributed by atoms with Crippen molar-refractivity contribution in [1.29, 1.82) is 0 Å². The standard InChI is InChI=1S/C27H30N4O4S/c1-18(2)23-16-24(31-11-13-35-14-12-31)30-27(29-23)36-17-19-7-9-20(10-8-19)25(32)28-22-6-4-5-21(15-22)26(33)34-3/h4-10,15-16,18H,11-14,17H2,1-3H3,(H,28,32). The monoisotopic (exact) mass is 506 g/mol. The van der Waals surface area contributed by atoms with Crippen LogP contribution in [0.1, 0.15) is 51.7 Å². The predicted molar refractivity (Wildman–Crippen MR) is 141 cm³/mol. The molecule has 0 saturated carbocycles. The maximum Gasteiger partial charge on any atom is 0.337 e. The van der Waals surface area contributed by atoms with E-state index in [9.17, 15) is 9.59 Å². The molecule has 1 aromatic heterocycles. The van der Waals surface area contributed by atoms with Crippen molar-refractivity contribution in [3.05, 3.63) is 77.0 Å². The van der Waals surface area contributed by atoms with Crippen LogP contribution in [-0.4, -0.2) is 55.3 Å². The van der Waals surface area contributed by atoms with Gasteiger partial charge in [-0.3, -0.25) is 4.79 Å². The number of benzene rings is 2. The van der Waals surface area contributed by atoms with Gasteiger partial charge in [-0.05, 0) is 41.8 Å². The summed E-state index contributed by atoms with van der Waals surface area (Å²) >= 11 is 1.58. The van der Waals surface area contributed by atoms with E-state index < -0.39 is 5.97 Å². The van der Waals surface area contributed by atoms with Gasteiger partial charge < -0.3 is 19.7 Å². The van der Waals surface area contributed by atoms with Crippen molar-refractivity contribution in [2.75, 3.05) is 43.6 Å². The molecule has 0 spiro atoms.